The zero-order valence-electron chi connectivity index (χ0n) is 20.6. The Morgan fingerprint density at radius 1 is 1.08 bits per heavy atom. The fraction of sp³-hybridized carbons (Fsp3) is 0.346. The Morgan fingerprint density at radius 3 is 2.47 bits per heavy atom. The number of aliphatic imine (C=N–C) groups is 1. The van der Waals surface area contributed by atoms with Gasteiger partial charge in [0, 0.05) is 12.2 Å². The second-order valence-electron chi connectivity index (χ2n) is 8.45. The number of hydrogen-bond donors (Lipinski definition) is 2. The van der Waals surface area contributed by atoms with Gasteiger partial charge < -0.3 is 15.4 Å². The number of rotatable bonds is 6. The summed E-state index contributed by atoms with van der Waals surface area (Å²) in [7, 11) is -3.69. The molecular weight excluding hydrogens is 480 g/mol. The van der Waals surface area contributed by atoms with E-state index < -0.39 is 27.9 Å². The number of para-hydroxylation sites is 2. The summed E-state index contributed by atoms with van der Waals surface area (Å²) in [5.41, 5.74) is 3.65. The third-order valence-corrected chi connectivity index (χ3v) is 8.09. The summed E-state index contributed by atoms with van der Waals surface area (Å²) < 4.78 is 32.5. The van der Waals surface area contributed by atoms with Crippen LogP contribution in [0.1, 0.15) is 38.3 Å². The molecule has 36 heavy (non-hydrogen) atoms. The minimum Gasteiger partial charge on any atom is -0.462 e. The third kappa shape index (κ3) is 5.05. The predicted molar refractivity (Wildman–Crippen MR) is 138 cm³/mol. The van der Waals surface area contributed by atoms with Gasteiger partial charge in [0.05, 0.1) is 23.7 Å². The summed E-state index contributed by atoms with van der Waals surface area (Å²) in [6, 6.07) is 13.7. The highest BCUT2D eigenvalue weighted by Gasteiger charge is 2.39. The molecule has 0 saturated heterocycles. The lowest BCUT2D eigenvalue weighted by atomic mass is 9.95. The van der Waals surface area contributed by atoms with Crippen LogP contribution < -0.4 is 10.6 Å². The molecule has 2 aromatic carbocycles. The molecular formula is C26H30N4O5S. The number of carbonyl (C=O) groups is 2. The first-order valence-corrected chi connectivity index (χ1v) is 13.6. The molecule has 2 aromatic rings. The van der Waals surface area contributed by atoms with E-state index >= 15 is 0 Å². The fourth-order valence-electron chi connectivity index (χ4n) is 4.38. The molecule has 2 aliphatic heterocycles. The van der Waals surface area contributed by atoms with E-state index in [2.05, 4.69) is 15.6 Å². The number of fused-ring (bicyclic) bond motifs is 2. The van der Waals surface area contributed by atoms with Crippen LogP contribution in [0.25, 0.3) is 0 Å². The van der Waals surface area contributed by atoms with Crippen molar-refractivity contribution in [3.05, 3.63) is 70.9 Å². The normalized spacial score (nSPS) is 17.8. The van der Waals surface area contributed by atoms with Crippen LogP contribution in [0.5, 0.6) is 0 Å². The molecule has 0 fully saturated rings. The van der Waals surface area contributed by atoms with Gasteiger partial charge in [-0.05, 0) is 49.9 Å². The Labute approximate surface area is 211 Å². The molecule has 9 nitrogen and oxygen atoms in total. The SMILES string of the molecule is CCOC(=O)C1=C(CC)Nc2ccccc2N=C1NC(=O)[C@@H]1Cc2ccccc2CN1S(=O)(=O)CC. The maximum atomic E-state index is 13.7. The summed E-state index contributed by atoms with van der Waals surface area (Å²) in [5, 5.41) is 6.03. The van der Waals surface area contributed by atoms with Gasteiger partial charge >= 0.3 is 5.97 Å². The number of amides is 1. The second kappa shape index (κ2) is 10.6. The topological polar surface area (TPSA) is 117 Å². The Balaban J connectivity index is 1.77. The van der Waals surface area contributed by atoms with Crippen LogP contribution >= 0.6 is 0 Å². The number of carbonyl (C=O) groups excluding carboxylic acids is 2. The van der Waals surface area contributed by atoms with Crippen molar-refractivity contribution >= 4 is 39.1 Å². The molecule has 0 bridgehead atoms. The number of hydrogen-bond acceptors (Lipinski definition) is 7. The van der Waals surface area contributed by atoms with Crippen LogP contribution in [0, 0.1) is 0 Å². The summed E-state index contributed by atoms with van der Waals surface area (Å²) in [5.74, 6) is -1.29. The van der Waals surface area contributed by atoms with E-state index in [1.807, 2.05) is 43.3 Å². The zero-order valence-corrected chi connectivity index (χ0v) is 21.4. The molecule has 0 unspecified atom stereocenters. The van der Waals surface area contributed by atoms with Gasteiger partial charge in [-0.25, -0.2) is 18.2 Å². The molecule has 10 heteroatoms. The number of nitrogens with one attached hydrogen (secondary N) is 2. The van der Waals surface area contributed by atoms with E-state index in [0.717, 1.165) is 11.1 Å². The molecule has 0 saturated carbocycles. The molecule has 0 spiro atoms. The second-order valence-corrected chi connectivity index (χ2v) is 10.7. The van der Waals surface area contributed by atoms with Gasteiger partial charge in [0.2, 0.25) is 15.9 Å². The van der Waals surface area contributed by atoms with Gasteiger partial charge in [-0.15, -0.1) is 0 Å². The monoisotopic (exact) mass is 510 g/mol. The first-order valence-electron chi connectivity index (χ1n) is 12.0. The third-order valence-electron chi connectivity index (χ3n) is 6.27. The lowest BCUT2D eigenvalue weighted by molar-refractivity contribution is -0.137. The summed E-state index contributed by atoms with van der Waals surface area (Å²) >= 11 is 0. The molecule has 2 heterocycles. The average Bonchev–Trinajstić information content (AvgIpc) is 3.04. The van der Waals surface area contributed by atoms with Gasteiger partial charge in [0.25, 0.3) is 0 Å². The van der Waals surface area contributed by atoms with Gasteiger partial charge in [0.1, 0.15) is 17.5 Å². The van der Waals surface area contributed by atoms with Crippen molar-refractivity contribution in [3.63, 3.8) is 0 Å². The minimum atomic E-state index is -3.69. The van der Waals surface area contributed by atoms with Crippen LogP contribution in [-0.2, 0) is 37.3 Å². The maximum Gasteiger partial charge on any atom is 0.343 e. The molecule has 0 aliphatic carbocycles. The first kappa shape index (κ1) is 25.6. The predicted octanol–water partition coefficient (Wildman–Crippen LogP) is 3.26. The van der Waals surface area contributed by atoms with Gasteiger partial charge in [0.15, 0.2) is 0 Å². The standard InChI is InChI=1S/C26H30N4O5S/c1-4-19-23(26(32)35-5-2)24(28-21-14-10-9-13-20(21)27-19)29-25(31)22-15-17-11-7-8-12-18(17)16-30(22)36(33,34)6-3/h7-14,22,27H,4-6,15-16H2,1-3H3,(H,28,29,31)/t22-/m0/s1. The number of allylic oxidation sites excluding steroid dienone is 1. The van der Waals surface area contributed by atoms with Crippen molar-refractivity contribution in [2.24, 2.45) is 4.99 Å². The number of ether oxygens (including phenoxy) is 1. The molecule has 0 aromatic heterocycles. The van der Waals surface area contributed by atoms with Crippen molar-refractivity contribution in [3.8, 4) is 0 Å². The zero-order chi connectivity index (χ0) is 25.9. The van der Waals surface area contributed by atoms with Crippen molar-refractivity contribution in [2.45, 2.75) is 46.2 Å². The Kier molecular flexibility index (Phi) is 7.56. The Bertz CT molecular complexity index is 1350. The largest absolute Gasteiger partial charge is 0.462 e. The number of anilines is 1. The number of sulfonamides is 1. The molecule has 4 rings (SSSR count). The quantitative estimate of drug-likeness (QED) is 0.576. The van der Waals surface area contributed by atoms with Crippen LogP contribution in [0.4, 0.5) is 11.4 Å². The van der Waals surface area contributed by atoms with Crippen molar-refractivity contribution in [1.82, 2.24) is 9.62 Å². The average molecular weight is 511 g/mol. The highest BCUT2D eigenvalue weighted by Crippen LogP contribution is 2.32. The smallest absolute Gasteiger partial charge is 0.343 e. The Hall–Kier alpha value is -3.50. The summed E-state index contributed by atoms with van der Waals surface area (Å²) in [6.45, 7) is 5.38. The minimum absolute atomic E-state index is 0.0282. The molecule has 190 valence electrons. The van der Waals surface area contributed by atoms with Crippen molar-refractivity contribution < 1.29 is 22.7 Å². The molecule has 2 aliphatic rings. The van der Waals surface area contributed by atoms with E-state index in [-0.39, 0.29) is 36.7 Å². The van der Waals surface area contributed by atoms with E-state index in [0.29, 0.717) is 23.5 Å². The Morgan fingerprint density at radius 2 is 1.78 bits per heavy atom. The van der Waals surface area contributed by atoms with E-state index in [4.69, 9.17) is 4.74 Å². The number of esters is 1. The van der Waals surface area contributed by atoms with E-state index in [9.17, 15) is 18.0 Å². The van der Waals surface area contributed by atoms with Crippen LogP contribution in [0.2, 0.25) is 0 Å². The molecule has 2 N–H and O–H groups in total. The van der Waals surface area contributed by atoms with Crippen molar-refractivity contribution in [2.75, 3.05) is 17.7 Å². The number of amidine groups is 1. The highest BCUT2D eigenvalue weighted by atomic mass is 32.2. The van der Waals surface area contributed by atoms with Crippen LogP contribution in [0.3, 0.4) is 0 Å². The summed E-state index contributed by atoms with van der Waals surface area (Å²) in [6.07, 6.45) is 0.660. The van der Waals surface area contributed by atoms with Gasteiger partial charge in [-0.1, -0.05) is 43.3 Å². The number of benzene rings is 2. The summed E-state index contributed by atoms with van der Waals surface area (Å²) in [4.78, 5) is 31.3. The van der Waals surface area contributed by atoms with Crippen molar-refractivity contribution in [1.29, 1.82) is 0 Å². The van der Waals surface area contributed by atoms with Gasteiger partial charge in [-0.2, -0.15) is 4.31 Å². The highest BCUT2D eigenvalue weighted by molar-refractivity contribution is 7.89. The molecule has 1 atom stereocenters. The molecule has 0 radical (unpaired) electrons. The molecule has 1 amide bonds. The maximum absolute atomic E-state index is 13.7. The van der Waals surface area contributed by atoms with E-state index in [1.165, 1.54) is 4.31 Å². The van der Waals surface area contributed by atoms with Crippen LogP contribution in [0.15, 0.2) is 64.8 Å². The number of nitrogens with zero attached hydrogens (tertiary/aromatic N) is 2. The lowest BCUT2D eigenvalue weighted by Gasteiger charge is -2.34. The lowest BCUT2D eigenvalue weighted by Crippen LogP contribution is -2.54. The van der Waals surface area contributed by atoms with Crippen LogP contribution in [-0.4, -0.2) is 48.8 Å². The van der Waals surface area contributed by atoms with E-state index in [1.54, 1.807) is 26.0 Å². The van der Waals surface area contributed by atoms with Gasteiger partial charge in [-0.3, -0.25) is 4.79 Å². The fourth-order valence-corrected chi connectivity index (χ4v) is 5.61. The first-order chi connectivity index (χ1) is 17.3.